The van der Waals surface area contributed by atoms with Crippen LogP contribution in [0.5, 0.6) is 0 Å². The first-order valence-electron chi connectivity index (χ1n) is 6.88. The number of hydrogen-bond donors (Lipinski definition) is 1. The number of methoxy groups -OCH3 is 1. The summed E-state index contributed by atoms with van der Waals surface area (Å²) in [7, 11) is 1.67. The Bertz CT molecular complexity index is 492. The second kappa shape index (κ2) is 7.10. The number of benzene rings is 1. The van der Waals surface area contributed by atoms with Gasteiger partial charge in [-0.2, -0.15) is 0 Å². The number of aryl methyl sites for hydroxylation is 1. The highest BCUT2D eigenvalue weighted by molar-refractivity contribution is 5.67. The fourth-order valence-electron chi connectivity index (χ4n) is 1.81. The van der Waals surface area contributed by atoms with Crippen LogP contribution in [0.4, 0.5) is 4.79 Å². The average Bonchev–Trinajstić information content (AvgIpc) is 3.23. The normalized spacial score (nSPS) is 14.5. The Labute approximate surface area is 119 Å². The molecule has 0 saturated heterocycles. The van der Waals surface area contributed by atoms with Crippen molar-refractivity contribution in [1.29, 1.82) is 0 Å². The van der Waals surface area contributed by atoms with E-state index in [1.165, 1.54) is 0 Å². The molecule has 1 aromatic rings. The van der Waals surface area contributed by atoms with E-state index >= 15 is 0 Å². The molecule has 2 rings (SSSR count). The number of alkyl carbamates (subject to hydrolysis) is 1. The maximum Gasteiger partial charge on any atom is 0.407 e. The first kappa shape index (κ1) is 14.6. The molecular weight excluding hydrogens is 254 g/mol. The molecular formula is C16H21NO3. The van der Waals surface area contributed by atoms with Gasteiger partial charge in [-0.25, -0.2) is 4.79 Å². The molecule has 1 amide bonds. The number of carbonyl (C=O) groups excluding carboxylic acids is 1. The van der Waals surface area contributed by atoms with Gasteiger partial charge in [0.05, 0.1) is 6.61 Å². The zero-order chi connectivity index (χ0) is 14.4. The highest BCUT2D eigenvalue weighted by Crippen LogP contribution is 2.23. The van der Waals surface area contributed by atoms with Gasteiger partial charge in [0, 0.05) is 13.7 Å². The van der Waals surface area contributed by atoms with E-state index in [9.17, 15) is 4.79 Å². The Morgan fingerprint density at radius 3 is 2.95 bits per heavy atom. The second-order valence-corrected chi connectivity index (χ2v) is 5.00. The molecule has 1 saturated carbocycles. The van der Waals surface area contributed by atoms with Crippen molar-refractivity contribution in [2.24, 2.45) is 0 Å². The third-order valence-electron chi connectivity index (χ3n) is 3.17. The Balaban J connectivity index is 1.91. The zero-order valence-corrected chi connectivity index (χ0v) is 12.0. The van der Waals surface area contributed by atoms with Gasteiger partial charge in [0.2, 0.25) is 0 Å². The minimum absolute atomic E-state index is 0.138. The van der Waals surface area contributed by atoms with Gasteiger partial charge < -0.3 is 14.8 Å². The Morgan fingerprint density at radius 2 is 2.25 bits per heavy atom. The Hall–Kier alpha value is -1.81. The molecule has 108 valence electrons. The number of hydrogen-bond acceptors (Lipinski definition) is 3. The van der Waals surface area contributed by atoms with E-state index in [-0.39, 0.29) is 12.2 Å². The fourth-order valence-corrected chi connectivity index (χ4v) is 1.81. The molecule has 4 nitrogen and oxygen atoms in total. The van der Waals surface area contributed by atoms with Crippen molar-refractivity contribution in [3.05, 3.63) is 41.0 Å². The number of amides is 1. The van der Waals surface area contributed by atoms with Crippen LogP contribution in [0.25, 0.3) is 6.08 Å². The summed E-state index contributed by atoms with van der Waals surface area (Å²) < 4.78 is 10.1. The van der Waals surface area contributed by atoms with E-state index < -0.39 is 0 Å². The lowest BCUT2D eigenvalue weighted by molar-refractivity contribution is 0.138. The number of rotatable bonds is 6. The standard InChI is InChI=1S/C16H21NO3/c1-12-5-6-13(4-3-9-19-2)10-14(12)11-17-16(18)20-15-7-8-15/h3-6,10,15H,7-9,11H2,1-2H3,(H,17,18)/b4-3+. The van der Waals surface area contributed by atoms with Crippen molar-refractivity contribution in [3.8, 4) is 0 Å². The molecule has 0 bridgehead atoms. The van der Waals surface area contributed by atoms with Crippen LogP contribution in [0.3, 0.4) is 0 Å². The van der Waals surface area contributed by atoms with Crippen LogP contribution in [0.15, 0.2) is 24.3 Å². The van der Waals surface area contributed by atoms with Gasteiger partial charge in [0.15, 0.2) is 0 Å². The van der Waals surface area contributed by atoms with Crippen molar-refractivity contribution in [3.63, 3.8) is 0 Å². The molecule has 1 aliphatic rings. The molecule has 1 fully saturated rings. The van der Waals surface area contributed by atoms with Crippen LogP contribution in [-0.2, 0) is 16.0 Å². The topological polar surface area (TPSA) is 47.6 Å². The second-order valence-electron chi connectivity index (χ2n) is 5.00. The largest absolute Gasteiger partial charge is 0.446 e. The van der Waals surface area contributed by atoms with Gasteiger partial charge in [0.1, 0.15) is 6.10 Å². The number of ether oxygens (including phenoxy) is 2. The monoisotopic (exact) mass is 275 g/mol. The predicted octanol–water partition coefficient (Wildman–Crippen LogP) is 3.04. The van der Waals surface area contributed by atoms with Gasteiger partial charge in [0.25, 0.3) is 0 Å². The lowest BCUT2D eigenvalue weighted by Gasteiger charge is -2.09. The SMILES string of the molecule is COC/C=C/c1ccc(C)c(CNC(=O)OC2CC2)c1. The Morgan fingerprint density at radius 1 is 1.45 bits per heavy atom. The van der Waals surface area contributed by atoms with Crippen molar-refractivity contribution < 1.29 is 14.3 Å². The van der Waals surface area contributed by atoms with Crippen molar-refractivity contribution >= 4 is 12.2 Å². The van der Waals surface area contributed by atoms with E-state index in [1.54, 1.807) is 7.11 Å². The molecule has 0 heterocycles. The van der Waals surface area contributed by atoms with Crippen LogP contribution in [0.2, 0.25) is 0 Å². The summed E-state index contributed by atoms with van der Waals surface area (Å²) in [5.74, 6) is 0. The van der Waals surface area contributed by atoms with Crippen molar-refractivity contribution in [2.75, 3.05) is 13.7 Å². The van der Waals surface area contributed by atoms with E-state index in [2.05, 4.69) is 17.4 Å². The van der Waals surface area contributed by atoms with E-state index in [0.717, 1.165) is 29.5 Å². The summed E-state index contributed by atoms with van der Waals surface area (Å²) in [5, 5.41) is 2.80. The minimum atomic E-state index is -0.327. The van der Waals surface area contributed by atoms with Crippen LogP contribution >= 0.6 is 0 Å². The lowest BCUT2D eigenvalue weighted by Crippen LogP contribution is -2.24. The summed E-state index contributed by atoms with van der Waals surface area (Å²) in [6, 6.07) is 6.17. The predicted molar refractivity (Wildman–Crippen MR) is 78.4 cm³/mol. The van der Waals surface area contributed by atoms with Crippen molar-refractivity contribution in [2.45, 2.75) is 32.4 Å². The number of nitrogens with one attached hydrogen (secondary N) is 1. The first-order valence-corrected chi connectivity index (χ1v) is 6.88. The van der Waals surface area contributed by atoms with Gasteiger partial charge in [-0.1, -0.05) is 24.3 Å². The summed E-state index contributed by atoms with van der Waals surface area (Å²) in [5.41, 5.74) is 3.35. The minimum Gasteiger partial charge on any atom is -0.446 e. The van der Waals surface area contributed by atoms with Gasteiger partial charge in [-0.3, -0.25) is 0 Å². The quantitative estimate of drug-likeness (QED) is 0.868. The molecule has 1 N–H and O–H groups in total. The lowest BCUT2D eigenvalue weighted by atomic mass is 10.0. The third kappa shape index (κ3) is 4.70. The Kier molecular flexibility index (Phi) is 5.18. The summed E-state index contributed by atoms with van der Waals surface area (Å²) in [6.45, 7) is 3.12. The molecule has 20 heavy (non-hydrogen) atoms. The van der Waals surface area contributed by atoms with E-state index in [0.29, 0.717) is 13.2 Å². The smallest absolute Gasteiger partial charge is 0.407 e. The first-order chi connectivity index (χ1) is 9.69. The maximum atomic E-state index is 11.5. The highest BCUT2D eigenvalue weighted by atomic mass is 16.6. The van der Waals surface area contributed by atoms with Crippen LogP contribution in [0.1, 0.15) is 29.5 Å². The van der Waals surface area contributed by atoms with Gasteiger partial charge >= 0.3 is 6.09 Å². The summed E-state index contributed by atoms with van der Waals surface area (Å²) in [6.07, 6.45) is 5.77. The van der Waals surface area contributed by atoms with E-state index in [1.807, 2.05) is 25.1 Å². The molecule has 0 spiro atoms. The van der Waals surface area contributed by atoms with Gasteiger partial charge in [-0.15, -0.1) is 0 Å². The summed E-state index contributed by atoms with van der Waals surface area (Å²) in [4.78, 5) is 11.5. The molecule has 0 atom stereocenters. The average molecular weight is 275 g/mol. The molecule has 0 aromatic heterocycles. The summed E-state index contributed by atoms with van der Waals surface area (Å²) >= 11 is 0. The van der Waals surface area contributed by atoms with E-state index in [4.69, 9.17) is 9.47 Å². The van der Waals surface area contributed by atoms with Crippen LogP contribution in [-0.4, -0.2) is 25.9 Å². The number of carbonyl (C=O) groups is 1. The zero-order valence-electron chi connectivity index (χ0n) is 12.0. The molecule has 1 aromatic carbocycles. The third-order valence-corrected chi connectivity index (χ3v) is 3.17. The highest BCUT2D eigenvalue weighted by Gasteiger charge is 2.25. The molecule has 0 aliphatic heterocycles. The molecule has 0 radical (unpaired) electrons. The van der Waals surface area contributed by atoms with Crippen LogP contribution in [0, 0.1) is 6.92 Å². The molecule has 0 unspecified atom stereocenters. The van der Waals surface area contributed by atoms with Gasteiger partial charge in [-0.05, 0) is 42.5 Å². The molecule has 1 aliphatic carbocycles. The van der Waals surface area contributed by atoms with Crippen molar-refractivity contribution in [1.82, 2.24) is 5.32 Å². The van der Waals surface area contributed by atoms with Crippen LogP contribution < -0.4 is 5.32 Å². The molecule has 4 heteroatoms. The maximum absolute atomic E-state index is 11.5. The fraction of sp³-hybridized carbons (Fsp3) is 0.438.